The zero-order chi connectivity index (χ0) is 14.4. The number of carbonyl (C=O) groups is 1. The molecule has 0 aliphatic heterocycles. The van der Waals surface area contributed by atoms with Crippen LogP contribution in [0.3, 0.4) is 0 Å². The number of nitriles is 1. The van der Waals surface area contributed by atoms with Crippen molar-refractivity contribution in [2.75, 3.05) is 5.32 Å². The van der Waals surface area contributed by atoms with E-state index in [1.165, 1.54) is 0 Å². The number of rotatable bonds is 4. The minimum Gasteiger partial charge on any atom is -0.326 e. The number of nitrogens with one attached hydrogen (secondary N) is 1. The van der Waals surface area contributed by atoms with Crippen molar-refractivity contribution >= 4 is 11.6 Å². The molecule has 0 spiro atoms. The van der Waals surface area contributed by atoms with Crippen LogP contribution in [-0.2, 0) is 11.2 Å². The molecule has 0 fully saturated rings. The van der Waals surface area contributed by atoms with Crippen molar-refractivity contribution in [2.24, 2.45) is 0 Å². The van der Waals surface area contributed by atoms with Crippen LogP contribution >= 0.6 is 0 Å². The van der Waals surface area contributed by atoms with Crippen LogP contribution in [0.25, 0.3) is 0 Å². The summed E-state index contributed by atoms with van der Waals surface area (Å²) in [5.41, 5.74) is 3.36. The lowest BCUT2D eigenvalue weighted by molar-refractivity contribution is -0.116. The van der Waals surface area contributed by atoms with Gasteiger partial charge in [-0.05, 0) is 36.6 Å². The summed E-state index contributed by atoms with van der Waals surface area (Å²) in [6.45, 7) is 1.91. The molecule has 20 heavy (non-hydrogen) atoms. The summed E-state index contributed by atoms with van der Waals surface area (Å²) >= 11 is 0. The topological polar surface area (TPSA) is 52.9 Å². The second-order valence-electron chi connectivity index (χ2n) is 4.68. The monoisotopic (exact) mass is 264 g/mol. The fraction of sp³-hybridized carbons (Fsp3) is 0.176. The van der Waals surface area contributed by atoms with Gasteiger partial charge in [-0.15, -0.1) is 0 Å². The highest BCUT2D eigenvalue weighted by Crippen LogP contribution is 2.17. The highest BCUT2D eigenvalue weighted by atomic mass is 16.1. The maximum atomic E-state index is 11.9. The number of anilines is 1. The fourth-order valence-electron chi connectivity index (χ4n) is 1.94. The molecule has 1 amide bonds. The molecule has 0 heterocycles. The van der Waals surface area contributed by atoms with Gasteiger partial charge < -0.3 is 5.32 Å². The van der Waals surface area contributed by atoms with Crippen molar-refractivity contribution in [3.05, 3.63) is 65.2 Å². The molecular formula is C17H16N2O. The maximum absolute atomic E-state index is 11.9. The molecule has 0 radical (unpaired) electrons. The number of hydrogen-bond acceptors (Lipinski definition) is 2. The molecule has 1 N–H and O–H groups in total. The Morgan fingerprint density at radius 3 is 2.65 bits per heavy atom. The van der Waals surface area contributed by atoms with Crippen LogP contribution in [-0.4, -0.2) is 5.91 Å². The lowest BCUT2D eigenvalue weighted by Crippen LogP contribution is -2.13. The minimum absolute atomic E-state index is 0.0351. The van der Waals surface area contributed by atoms with Gasteiger partial charge in [0.2, 0.25) is 5.91 Å². The number of carbonyl (C=O) groups excluding carboxylic acids is 1. The molecule has 0 aliphatic rings. The van der Waals surface area contributed by atoms with E-state index in [-0.39, 0.29) is 5.91 Å². The Morgan fingerprint density at radius 2 is 1.95 bits per heavy atom. The molecule has 0 aliphatic carbocycles. The van der Waals surface area contributed by atoms with Gasteiger partial charge in [0.15, 0.2) is 0 Å². The van der Waals surface area contributed by atoms with Crippen molar-refractivity contribution in [3.63, 3.8) is 0 Å². The third-order valence-corrected chi connectivity index (χ3v) is 3.12. The molecule has 2 aromatic carbocycles. The SMILES string of the molecule is Cc1ccc(C#N)cc1NC(=O)CCc1ccccc1. The fourth-order valence-corrected chi connectivity index (χ4v) is 1.94. The second kappa shape index (κ2) is 6.53. The lowest BCUT2D eigenvalue weighted by Gasteiger charge is -2.08. The van der Waals surface area contributed by atoms with Crippen molar-refractivity contribution in [1.29, 1.82) is 5.26 Å². The van der Waals surface area contributed by atoms with Crippen LogP contribution in [0.15, 0.2) is 48.5 Å². The first-order chi connectivity index (χ1) is 9.69. The lowest BCUT2D eigenvalue weighted by atomic mass is 10.1. The second-order valence-corrected chi connectivity index (χ2v) is 4.68. The zero-order valence-corrected chi connectivity index (χ0v) is 11.4. The normalized spacial score (nSPS) is 9.80. The van der Waals surface area contributed by atoms with Crippen LogP contribution in [0.2, 0.25) is 0 Å². The molecule has 0 bridgehead atoms. The smallest absolute Gasteiger partial charge is 0.224 e. The predicted octanol–water partition coefficient (Wildman–Crippen LogP) is 3.44. The van der Waals surface area contributed by atoms with Gasteiger partial charge in [-0.3, -0.25) is 4.79 Å². The molecule has 0 saturated heterocycles. The highest BCUT2D eigenvalue weighted by Gasteiger charge is 2.06. The summed E-state index contributed by atoms with van der Waals surface area (Å²) in [5.74, 6) is -0.0351. The van der Waals surface area contributed by atoms with Crippen LogP contribution in [0.5, 0.6) is 0 Å². The predicted molar refractivity (Wildman–Crippen MR) is 79.3 cm³/mol. The Kier molecular flexibility index (Phi) is 4.52. The number of hydrogen-bond donors (Lipinski definition) is 1. The van der Waals surface area contributed by atoms with Gasteiger partial charge in [0.25, 0.3) is 0 Å². The molecule has 3 heteroatoms. The van der Waals surface area contributed by atoms with Gasteiger partial charge >= 0.3 is 0 Å². The van der Waals surface area contributed by atoms with E-state index in [0.717, 1.165) is 11.1 Å². The Hall–Kier alpha value is -2.60. The van der Waals surface area contributed by atoms with Gasteiger partial charge in [0.05, 0.1) is 11.6 Å². The number of aryl methyl sites for hydroxylation is 2. The van der Waals surface area contributed by atoms with Crippen molar-refractivity contribution in [2.45, 2.75) is 19.8 Å². The van der Waals surface area contributed by atoms with E-state index in [1.807, 2.05) is 43.3 Å². The van der Waals surface area contributed by atoms with Gasteiger partial charge in [-0.1, -0.05) is 36.4 Å². The van der Waals surface area contributed by atoms with Crippen LogP contribution in [0, 0.1) is 18.3 Å². The molecule has 2 rings (SSSR count). The molecule has 0 aromatic heterocycles. The van der Waals surface area contributed by atoms with Gasteiger partial charge in [0.1, 0.15) is 0 Å². The van der Waals surface area contributed by atoms with E-state index in [9.17, 15) is 4.79 Å². The van der Waals surface area contributed by atoms with Gasteiger partial charge in [-0.25, -0.2) is 0 Å². The Bertz CT molecular complexity index is 642. The molecule has 0 atom stereocenters. The summed E-state index contributed by atoms with van der Waals surface area (Å²) in [4.78, 5) is 11.9. The molecule has 0 unspecified atom stereocenters. The minimum atomic E-state index is -0.0351. The van der Waals surface area contributed by atoms with E-state index < -0.39 is 0 Å². The molecule has 100 valence electrons. The van der Waals surface area contributed by atoms with Crippen LogP contribution in [0.1, 0.15) is 23.1 Å². The largest absolute Gasteiger partial charge is 0.326 e. The quantitative estimate of drug-likeness (QED) is 0.919. The number of amides is 1. The highest BCUT2D eigenvalue weighted by molar-refractivity contribution is 5.91. The Balaban J connectivity index is 1.97. The summed E-state index contributed by atoms with van der Waals surface area (Å²) < 4.78 is 0. The summed E-state index contributed by atoms with van der Waals surface area (Å²) in [7, 11) is 0. The van der Waals surface area contributed by atoms with E-state index in [1.54, 1.807) is 12.1 Å². The molecular weight excluding hydrogens is 248 g/mol. The van der Waals surface area contributed by atoms with Crippen LogP contribution < -0.4 is 5.32 Å². The maximum Gasteiger partial charge on any atom is 0.224 e. The van der Waals surface area contributed by atoms with Crippen molar-refractivity contribution in [3.8, 4) is 6.07 Å². The summed E-state index contributed by atoms with van der Waals surface area (Å²) in [6.07, 6.45) is 1.14. The van der Waals surface area contributed by atoms with Crippen molar-refractivity contribution < 1.29 is 4.79 Å². The molecule has 3 nitrogen and oxygen atoms in total. The first kappa shape index (κ1) is 13.8. The van der Waals surface area contributed by atoms with E-state index >= 15 is 0 Å². The van der Waals surface area contributed by atoms with E-state index in [2.05, 4.69) is 11.4 Å². The van der Waals surface area contributed by atoms with Crippen molar-refractivity contribution in [1.82, 2.24) is 0 Å². The summed E-state index contributed by atoms with van der Waals surface area (Å²) in [5, 5.41) is 11.7. The van der Waals surface area contributed by atoms with E-state index in [0.29, 0.717) is 24.1 Å². The van der Waals surface area contributed by atoms with Gasteiger partial charge in [0, 0.05) is 12.1 Å². The van der Waals surface area contributed by atoms with Crippen LogP contribution in [0.4, 0.5) is 5.69 Å². The third-order valence-electron chi connectivity index (χ3n) is 3.12. The molecule has 2 aromatic rings. The average molecular weight is 264 g/mol. The number of nitrogens with zero attached hydrogens (tertiary/aromatic N) is 1. The van der Waals surface area contributed by atoms with E-state index in [4.69, 9.17) is 5.26 Å². The Labute approximate surface area is 118 Å². The molecule has 0 saturated carbocycles. The standard InChI is InChI=1S/C17H16N2O/c1-13-7-8-15(12-18)11-16(13)19-17(20)10-9-14-5-3-2-4-6-14/h2-8,11H,9-10H2,1H3,(H,19,20). The third kappa shape index (κ3) is 3.69. The summed E-state index contributed by atoms with van der Waals surface area (Å²) in [6, 6.07) is 17.3. The average Bonchev–Trinajstić information content (AvgIpc) is 2.48. The number of benzene rings is 2. The Morgan fingerprint density at radius 1 is 1.20 bits per heavy atom. The first-order valence-corrected chi connectivity index (χ1v) is 6.53. The van der Waals surface area contributed by atoms with Gasteiger partial charge in [-0.2, -0.15) is 5.26 Å². The zero-order valence-electron chi connectivity index (χ0n) is 11.4. The first-order valence-electron chi connectivity index (χ1n) is 6.53.